The number of hydrogen-bond donors (Lipinski definition) is 2. The summed E-state index contributed by atoms with van der Waals surface area (Å²) in [5.41, 5.74) is 2.01. The second kappa shape index (κ2) is 10.5. The quantitative estimate of drug-likeness (QED) is 0.635. The average molecular weight is 497 g/mol. The molecule has 2 aromatic rings. The number of ether oxygens (including phenoxy) is 3. The first-order chi connectivity index (χ1) is 17.5. The van der Waals surface area contributed by atoms with Crippen LogP contribution in [0, 0.1) is 5.82 Å². The molecule has 2 N–H and O–H groups in total. The van der Waals surface area contributed by atoms with Gasteiger partial charge >= 0.3 is 6.09 Å². The highest BCUT2D eigenvalue weighted by molar-refractivity contribution is 5.94. The number of fused-ring (bicyclic) bond motifs is 1. The van der Waals surface area contributed by atoms with Crippen molar-refractivity contribution in [2.75, 3.05) is 50.9 Å². The molecule has 10 heteroatoms. The number of nitrogens with one attached hydrogen (secondary N) is 2. The number of anilines is 1. The zero-order chi connectivity index (χ0) is 25.1. The monoisotopic (exact) mass is 496 g/mol. The predicted octanol–water partition coefficient (Wildman–Crippen LogP) is 2.45. The van der Waals surface area contributed by atoms with Gasteiger partial charge in [-0.3, -0.25) is 15.0 Å². The summed E-state index contributed by atoms with van der Waals surface area (Å²) in [6.07, 6.45) is -0.262. The number of nitrogens with zero attached hydrogens (tertiary/aromatic N) is 2. The molecule has 3 aliphatic heterocycles. The van der Waals surface area contributed by atoms with Crippen molar-refractivity contribution in [3.8, 4) is 5.75 Å². The first-order valence-corrected chi connectivity index (χ1v) is 12.0. The van der Waals surface area contributed by atoms with Crippen LogP contribution in [-0.2, 0) is 9.47 Å². The molecule has 9 nitrogen and oxygen atoms in total. The Balaban J connectivity index is 1.38. The molecule has 2 fully saturated rings. The molecule has 0 spiro atoms. The third-order valence-electron chi connectivity index (χ3n) is 6.79. The Morgan fingerprint density at radius 2 is 1.81 bits per heavy atom. The van der Waals surface area contributed by atoms with E-state index in [0.29, 0.717) is 22.9 Å². The SMILES string of the molecule is C=CNC(=O)O[C@H]1COc2ccc(N3CCN(C4COC4)CC3)cc2[C@@H]1NC(=O)c1ccc(F)cc1. The molecule has 2 amide bonds. The number of halogens is 1. The highest BCUT2D eigenvalue weighted by Gasteiger charge is 2.36. The number of hydrogen-bond acceptors (Lipinski definition) is 7. The largest absolute Gasteiger partial charge is 0.489 e. The summed E-state index contributed by atoms with van der Waals surface area (Å²) in [4.78, 5) is 29.9. The van der Waals surface area contributed by atoms with Crippen molar-refractivity contribution in [2.24, 2.45) is 0 Å². The van der Waals surface area contributed by atoms with E-state index in [0.717, 1.165) is 45.1 Å². The molecule has 0 aromatic heterocycles. The van der Waals surface area contributed by atoms with Gasteiger partial charge in [0.15, 0.2) is 6.10 Å². The number of carbonyl (C=O) groups is 2. The Bertz CT molecular complexity index is 1120. The van der Waals surface area contributed by atoms with Gasteiger partial charge in [0.1, 0.15) is 18.2 Å². The maximum atomic E-state index is 13.4. The van der Waals surface area contributed by atoms with E-state index >= 15 is 0 Å². The molecular weight excluding hydrogens is 467 g/mol. The van der Waals surface area contributed by atoms with E-state index in [2.05, 4.69) is 27.0 Å². The van der Waals surface area contributed by atoms with Crippen LogP contribution in [0.3, 0.4) is 0 Å². The van der Waals surface area contributed by atoms with Crippen molar-refractivity contribution in [1.82, 2.24) is 15.5 Å². The number of rotatable bonds is 6. The van der Waals surface area contributed by atoms with Gasteiger partial charge in [-0.15, -0.1) is 0 Å². The zero-order valence-corrected chi connectivity index (χ0v) is 19.8. The van der Waals surface area contributed by atoms with Gasteiger partial charge in [0, 0.05) is 43.0 Å². The van der Waals surface area contributed by atoms with Crippen LogP contribution in [0.15, 0.2) is 55.2 Å². The van der Waals surface area contributed by atoms with Gasteiger partial charge in [-0.05, 0) is 48.7 Å². The van der Waals surface area contributed by atoms with Crippen molar-refractivity contribution in [3.63, 3.8) is 0 Å². The van der Waals surface area contributed by atoms with Crippen LogP contribution in [0.25, 0.3) is 0 Å². The molecule has 2 saturated heterocycles. The summed E-state index contributed by atoms with van der Waals surface area (Å²) in [5, 5.41) is 5.35. The molecule has 0 bridgehead atoms. The van der Waals surface area contributed by atoms with E-state index in [-0.39, 0.29) is 6.61 Å². The summed E-state index contributed by atoms with van der Waals surface area (Å²) in [6, 6.07) is 11.0. The van der Waals surface area contributed by atoms with Gasteiger partial charge in [0.2, 0.25) is 0 Å². The number of amides is 2. The van der Waals surface area contributed by atoms with Crippen molar-refractivity contribution >= 4 is 17.7 Å². The Morgan fingerprint density at radius 1 is 1.06 bits per heavy atom. The Hall–Kier alpha value is -3.63. The average Bonchev–Trinajstić information content (AvgIpc) is 2.85. The highest BCUT2D eigenvalue weighted by Crippen LogP contribution is 2.37. The molecule has 3 aliphatic rings. The van der Waals surface area contributed by atoms with Gasteiger partial charge in [-0.25, -0.2) is 9.18 Å². The van der Waals surface area contributed by atoms with Crippen LogP contribution in [-0.4, -0.2) is 75.0 Å². The summed E-state index contributed by atoms with van der Waals surface area (Å²) in [7, 11) is 0. The highest BCUT2D eigenvalue weighted by atomic mass is 19.1. The maximum Gasteiger partial charge on any atom is 0.411 e. The molecular formula is C26H29FN4O5. The van der Waals surface area contributed by atoms with Crippen molar-refractivity contribution < 1.29 is 28.2 Å². The minimum atomic E-state index is -0.785. The molecule has 5 rings (SSSR count). The molecule has 0 aliphatic carbocycles. The Kier molecular flexibility index (Phi) is 7.06. The molecule has 0 radical (unpaired) electrons. The zero-order valence-electron chi connectivity index (χ0n) is 19.8. The van der Waals surface area contributed by atoms with Gasteiger partial charge in [0.25, 0.3) is 5.91 Å². The van der Waals surface area contributed by atoms with Gasteiger partial charge < -0.3 is 24.4 Å². The second-order valence-electron chi connectivity index (χ2n) is 9.00. The van der Waals surface area contributed by atoms with Crippen LogP contribution >= 0.6 is 0 Å². The van der Waals surface area contributed by atoms with Crippen LogP contribution in [0.2, 0.25) is 0 Å². The van der Waals surface area contributed by atoms with Gasteiger partial charge in [-0.2, -0.15) is 0 Å². The van der Waals surface area contributed by atoms with Crippen LogP contribution in [0.5, 0.6) is 5.75 Å². The number of piperazine rings is 1. The summed E-state index contributed by atoms with van der Waals surface area (Å²) >= 11 is 0. The smallest absolute Gasteiger partial charge is 0.411 e. The topological polar surface area (TPSA) is 92.4 Å². The predicted molar refractivity (Wildman–Crippen MR) is 131 cm³/mol. The third-order valence-corrected chi connectivity index (χ3v) is 6.79. The van der Waals surface area contributed by atoms with E-state index in [4.69, 9.17) is 14.2 Å². The second-order valence-corrected chi connectivity index (χ2v) is 9.00. The number of carbonyl (C=O) groups excluding carboxylic acids is 2. The minimum absolute atomic E-state index is 0.0629. The van der Waals surface area contributed by atoms with Gasteiger partial charge in [0.05, 0.1) is 25.3 Å². The lowest BCUT2D eigenvalue weighted by Gasteiger charge is -2.43. The molecule has 3 heterocycles. The van der Waals surface area contributed by atoms with Crippen molar-refractivity contribution in [1.29, 1.82) is 0 Å². The number of benzene rings is 2. The van der Waals surface area contributed by atoms with E-state index in [9.17, 15) is 14.0 Å². The Morgan fingerprint density at radius 3 is 2.47 bits per heavy atom. The molecule has 0 saturated carbocycles. The minimum Gasteiger partial charge on any atom is -0.489 e. The summed E-state index contributed by atoms with van der Waals surface area (Å²) in [5.74, 6) is -0.232. The lowest BCUT2D eigenvalue weighted by molar-refractivity contribution is -0.0660. The molecule has 36 heavy (non-hydrogen) atoms. The third kappa shape index (κ3) is 5.14. The standard InChI is InChI=1S/C26H29FN4O5/c1-2-28-26(33)36-23-16-35-22-8-7-19(30-9-11-31(12-10-30)20-14-34-15-20)13-21(22)24(23)29-25(32)17-3-5-18(27)6-4-17/h2-8,13,20,23-24H,1,9-12,14-16H2,(H,28,33)(H,29,32)/t23-,24-/m0/s1. The fraction of sp³-hybridized carbons (Fsp3) is 0.385. The van der Waals surface area contributed by atoms with Crippen molar-refractivity contribution in [3.05, 3.63) is 72.2 Å². The maximum absolute atomic E-state index is 13.4. The van der Waals surface area contributed by atoms with Crippen molar-refractivity contribution in [2.45, 2.75) is 18.2 Å². The fourth-order valence-corrected chi connectivity index (χ4v) is 4.71. The normalized spacial score (nSPS) is 22.0. The van der Waals surface area contributed by atoms with E-state index in [1.165, 1.54) is 30.5 Å². The summed E-state index contributed by atoms with van der Waals surface area (Å²) in [6.45, 7) is 8.75. The fourth-order valence-electron chi connectivity index (χ4n) is 4.71. The van der Waals surface area contributed by atoms with Gasteiger partial charge in [-0.1, -0.05) is 6.58 Å². The molecule has 2 atom stereocenters. The first kappa shape index (κ1) is 24.1. The summed E-state index contributed by atoms with van der Waals surface area (Å²) < 4.78 is 30.1. The molecule has 190 valence electrons. The van der Waals surface area contributed by atoms with E-state index in [1.54, 1.807) is 0 Å². The van der Waals surface area contributed by atoms with E-state index < -0.39 is 30.0 Å². The lowest BCUT2D eigenvalue weighted by atomic mass is 9.96. The lowest BCUT2D eigenvalue weighted by Crippen LogP contribution is -2.56. The van der Waals surface area contributed by atoms with Crippen LogP contribution in [0.1, 0.15) is 22.0 Å². The van der Waals surface area contributed by atoms with Crippen LogP contribution in [0.4, 0.5) is 14.9 Å². The molecule has 0 unspecified atom stereocenters. The Labute approximate surface area is 208 Å². The first-order valence-electron chi connectivity index (χ1n) is 12.0. The van der Waals surface area contributed by atoms with E-state index in [1.807, 2.05) is 18.2 Å². The number of alkyl carbamates (subject to hydrolysis) is 1. The molecule has 2 aromatic carbocycles. The van der Waals surface area contributed by atoms with Crippen LogP contribution < -0.4 is 20.3 Å².